The molecule has 0 radical (unpaired) electrons. The molecule has 0 spiro atoms. The first kappa shape index (κ1) is 23.7. The van der Waals surface area contributed by atoms with Gasteiger partial charge in [0.15, 0.2) is 5.96 Å². The van der Waals surface area contributed by atoms with Gasteiger partial charge in [0.1, 0.15) is 18.2 Å². The highest BCUT2D eigenvalue weighted by Gasteiger charge is 2.18. The standard InChI is InChI=1S/C21H26FN5O2.HI/c1-16(28)25-18-3-2-4-20(15-18)29-14-9-24-21(23)27-12-10-26(11-13-27)19-7-5-17(22)6-8-19;/h2-8,15H,9-14H2,1H3,(H2,23,24)(H,25,28);1H. The van der Waals surface area contributed by atoms with Crippen molar-refractivity contribution in [3.63, 3.8) is 0 Å². The van der Waals surface area contributed by atoms with Crippen molar-refractivity contribution in [2.24, 2.45) is 10.7 Å². The molecule has 1 amide bonds. The molecule has 0 aliphatic carbocycles. The van der Waals surface area contributed by atoms with Crippen LogP contribution < -0.4 is 20.7 Å². The third-order valence-corrected chi connectivity index (χ3v) is 4.58. The molecule has 1 heterocycles. The van der Waals surface area contributed by atoms with E-state index < -0.39 is 0 Å². The zero-order valence-corrected chi connectivity index (χ0v) is 19.2. The number of carbonyl (C=O) groups excluding carboxylic acids is 1. The quantitative estimate of drug-likeness (QED) is 0.261. The Morgan fingerprint density at radius 2 is 1.87 bits per heavy atom. The maximum absolute atomic E-state index is 13.1. The van der Waals surface area contributed by atoms with E-state index in [0.29, 0.717) is 30.5 Å². The first-order valence-corrected chi connectivity index (χ1v) is 9.57. The molecule has 0 saturated carbocycles. The van der Waals surface area contributed by atoms with Crippen LogP contribution in [-0.4, -0.2) is 56.1 Å². The maximum Gasteiger partial charge on any atom is 0.221 e. The Morgan fingerprint density at radius 3 is 2.53 bits per heavy atom. The number of nitrogens with two attached hydrogens (primary N) is 1. The average molecular weight is 527 g/mol. The first-order valence-electron chi connectivity index (χ1n) is 9.57. The van der Waals surface area contributed by atoms with E-state index in [9.17, 15) is 9.18 Å². The van der Waals surface area contributed by atoms with E-state index in [0.717, 1.165) is 31.9 Å². The zero-order chi connectivity index (χ0) is 20.6. The second-order valence-corrected chi connectivity index (χ2v) is 6.75. The van der Waals surface area contributed by atoms with Crippen LogP contribution in [0.3, 0.4) is 0 Å². The number of rotatable bonds is 6. The van der Waals surface area contributed by atoms with Crippen LogP contribution >= 0.6 is 24.0 Å². The van der Waals surface area contributed by atoms with Crippen molar-refractivity contribution in [1.82, 2.24) is 4.90 Å². The average Bonchev–Trinajstić information content (AvgIpc) is 2.71. The van der Waals surface area contributed by atoms with Crippen LogP contribution in [0.25, 0.3) is 0 Å². The van der Waals surface area contributed by atoms with Gasteiger partial charge >= 0.3 is 0 Å². The molecular formula is C21H27FIN5O2. The smallest absolute Gasteiger partial charge is 0.221 e. The molecule has 0 unspecified atom stereocenters. The predicted octanol–water partition coefficient (Wildman–Crippen LogP) is 2.92. The topological polar surface area (TPSA) is 83.2 Å². The van der Waals surface area contributed by atoms with Crippen LogP contribution in [0.4, 0.5) is 15.8 Å². The molecular weight excluding hydrogens is 500 g/mol. The summed E-state index contributed by atoms with van der Waals surface area (Å²) in [6.07, 6.45) is 0. The van der Waals surface area contributed by atoms with Crippen LogP contribution in [0.5, 0.6) is 5.75 Å². The first-order chi connectivity index (χ1) is 14.0. The van der Waals surface area contributed by atoms with Gasteiger partial charge in [-0.2, -0.15) is 0 Å². The fraction of sp³-hybridized carbons (Fsp3) is 0.333. The lowest BCUT2D eigenvalue weighted by molar-refractivity contribution is -0.114. The zero-order valence-electron chi connectivity index (χ0n) is 16.9. The van der Waals surface area contributed by atoms with E-state index in [2.05, 4.69) is 15.2 Å². The third kappa shape index (κ3) is 7.05. The summed E-state index contributed by atoms with van der Waals surface area (Å²) in [5.74, 6) is 0.809. The van der Waals surface area contributed by atoms with E-state index in [4.69, 9.17) is 10.5 Å². The summed E-state index contributed by atoms with van der Waals surface area (Å²) >= 11 is 0. The van der Waals surface area contributed by atoms with Crippen LogP contribution in [-0.2, 0) is 4.79 Å². The number of hydrogen-bond donors (Lipinski definition) is 2. The second-order valence-electron chi connectivity index (χ2n) is 6.75. The molecule has 1 saturated heterocycles. The Balaban J connectivity index is 0.00000320. The Labute approximate surface area is 193 Å². The fourth-order valence-corrected chi connectivity index (χ4v) is 3.14. The van der Waals surface area contributed by atoms with E-state index in [1.165, 1.54) is 19.1 Å². The number of anilines is 2. The molecule has 2 aromatic carbocycles. The van der Waals surface area contributed by atoms with Gasteiger partial charge in [-0.05, 0) is 36.4 Å². The molecule has 2 aromatic rings. The van der Waals surface area contributed by atoms with Gasteiger partial charge in [-0.1, -0.05) is 6.07 Å². The Bertz CT molecular complexity index is 855. The molecule has 0 atom stereocenters. The van der Waals surface area contributed by atoms with Crippen LogP contribution in [0.2, 0.25) is 0 Å². The van der Waals surface area contributed by atoms with Crippen molar-refractivity contribution < 1.29 is 13.9 Å². The van der Waals surface area contributed by atoms with E-state index >= 15 is 0 Å². The number of carbonyl (C=O) groups is 1. The molecule has 162 valence electrons. The normalized spacial score (nSPS) is 14.1. The van der Waals surface area contributed by atoms with Gasteiger partial charge in [0.25, 0.3) is 0 Å². The molecule has 1 fully saturated rings. The van der Waals surface area contributed by atoms with Crippen LogP contribution in [0, 0.1) is 5.82 Å². The predicted molar refractivity (Wildman–Crippen MR) is 128 cm³/mol. The monoisotopic (exact) mass is 527 g/mol. The van der Waals surface area contributed by atoms with Gasteiger partial charge in [-0.25, -0.2) is 9.38 Å². The minimum absolute atomic E-state index is 0. The van der Waals surface area contributed by atoms with Crippen molar-refractivity contribution in [3.05, 3.63) is 54.3 Å². The van der Waals surface area contributed by atoms with Gasteiger partial charge < -0.3 is 25.6 Å². The summed E-state index contributed by atoms with van der Waals surface area (Å²) in [5.41, 5.74) is 7.82. The van der Waals surface area contributed by atoms with Crippen molar-refractivity contribution in [1.29, 1.82) is 0 Å². The number of ether oxygens (including phenoxy) is 1. The van der Waals surface area contributed by atoms with Crippen molar-refractivity contribution in [2.45, 2.75) is 6.92 Å². The van der Waals surface area contributed by atoms with Gasteiger partial charge in [-0.15, -0.1) is 24.0 Å². The number of benzene rings is 2. The molecule has 9 heteroatoms. The maximum atomic E-state index is 13.1. The molecule has 7 nitrogen and oxygen atoms in total. The van der Waals surface area contributed by atoms with Gasteiger partial charge in [0.2, 0.25) is 5.91 Å². The molecule has 1 aliphatic rings. The fourth-order valence-electron chi connectivity index (χ4n) is 3.14. The van der Waals surface area contributed by atoms with Crippen LogP contribution in [0.1, 0.15) is 6.92 Å². The minimum Gasteiger partial charge on any atom is -0.492 e. The summed E-state index contributed by atoms with van der Waals surface area (Å²) in [6.45, 7) is 5.40. The van der Waals surface area contributed by atoms with Gasteiger partial charge in [0, 0.05) is 50.5 Å². The lowest BCUT2D eigenvalue weighted by Gasteiger charge is -2.36. The lowest BCUT2D eigenvalue weighted by Crippen LogP contribution is -2.51. The molecule has 3 rings (SSSR count). The number of piperazine rings is 1. The van der Waals surface area contributed by atoms with Crippen molar-refractivity contribution in [3.8, 4) is 5.75 Å². The number of amides is 1. The number of guanidine groups is 1. The molecule has 0 bridgehead atoms. The van der Waals surface area contributed by atoms with Crippen molar-refractivity contribution in [2.75, 3.05) is 49.5 Å². The van der Waals surface area contributed by atoms with Crippen LogP contribution in [0.15, 0.2) is 53.5 Å². The number of aliphatic imine (C=N–C) groups is 1. The van der Waals surface area contributed by atoms with Crippen molar-refractivity contribution >= 4 is 47.2 Å². The summed E-state index contributed by atoms with van der Waals surface area (Å²) in [4.78, 5) is 19.8. The Morgan fingerprint density at radius 1 is 1.17 bits per heavy atom. The lowest BCUT2D eigenvalue weighted by atomic mass is 10.2. The molecule has 0 aromatic heterocycles. The number of halogens is 2. The highest BCUT2D eigenvalue weighted by Crippen LogP contribution is 2.18. The summed E-state index contributed by atoms with van der Waals surface area (Å²) in [6, 6.07) is 13.7. The minimum atomic E-state index is -0.229. The highest BCUT2D eigenvalue weighted by atomic mass is 127. The second kappa shape index (κ2) is 11.6. The van der Waals surface area contributed by atoms with Gasteiger partial charge in [-0.3, -0.25) is 4.79 Å². The number of nitrogens with zero attached hydrogens (tertiary/aromatic N) is 3. The molecule has 1 aliphatic heterocycles. The Kier molecular flexibility index (Phi) is 9.15. The SMILES string of the molecule is CC(=O)Nc1cccc(OCCN=C(N)N2CCN(c3ccc(F)cc3)CC2)c1.I. The summed E-state index contributed by atoms with van der Waals surface area (Å²) in [7, 11) is 0. The van der Waals surface area contributed by atoms with Gasteiger partial charge in [0.05, 0.1) is 6.54 Å². The molecule has 30 heavy (non-hydrogen) atoms. The highest BCUT2D eigenvalue weighted by molar-refractivity contribution is 14.0. The Hall–Kier alpha value is -2.56. The number of nitrogens with one attached hydrogen (secondary N) is 1. The summed E-state index contributed by atoms with van der Waals surface area (Å²) < 4.78 is 18.7. The summed E-state index contributed by atoms with van der Waals surface area (Å²) in [5, 5.41) is 2.72. The third-order valence-electron chi connectivity index (χ3n) is 4.58. The number of hydrogen-bond acceptors (Lipinski definition) is 4. The van der Waals surface area contributed by atoms with E-state index in [1.807, 2.05) is 17.0 Å². The van der Waals surface area contributed by atoms with E-state index in [1.54, 1.807) is 24.3 Å². The largest absolute Gasteiger partial charge is 0.492 e. The van der Waals surface area contributed by atoms with E-state index in [-0.39, 0.29) is 35.7 Å². The molecule has 3 N–H and O–H groups in total.